The first-order chi connectivity index (χ1) is 9.06. The molecular weight excluding hydrogens is 306 g/mol. The number of carboxylic acids is 1. The first-order valence-electron chi connectivity index (χ1n) is 5.96. The molecule has 0 aliphatic heterocycles. The molecule has 0 radical (unpaired) electrons. The first kappa shape index (κ1) is 13.7. The Morgan fingerprint density at radius 1 is 1.26 bits per heavy atom. The number of aromatic nitrogens is 1. The fourth-order valence-electron chi connectivity index (χ4n) is 1.87. The van der Waals surface area contributed by atoms with Crippen LogP contribution >= 0.6 is 15.9 Å². The highest BCUT2D eigenvalue weighted by molar-refractivity contribution is 9.10. The number of rotatable bonds is 4. The maximum Gasteiger partial charge on any atom is 0.312 e. The minimum Gasteiger partial charge on any atom is -0.481 e. The quantitative estimate of drug-likeness (QED) is 0.937. The summed E-state index contributed by atoms with van der Waals surface area (Å²) in [5.41, 5.74) is 2.75. The van der Waals surface area contributed by atoms with Crippen LogP contribution in [0.15, 0.2) is 47.1 Å². The summed E-state index contributed by atoms with van der Waals surface area (Å²) >= 11 is 3.30. The highest BCUT2D eigenvalue weighted by Crippen LogP contribution is 2.21. The molecule has 0 amide bonds. The van der Waals surface area contributed by atoms with Crippen molar-refractivity contribution in [1.82, 2.24) is 4.98 Å². The molecule has 1 aromatic carbocycles. The predicted octanol–water partition coefficient (Wildman–Crippen LogP) is 3.56. The second kappa shape index (κ2) is 5.97. The highest BCUT2D eigenvalue weighted by Gasteiger charge is 2.21. The fourth-order valence-corrected chi connectivity index (χ4v) is 2.11. The van der Waals surface area contributed by atoms with Crippen LogP contribution in [0.3, 0.4) is 0 Å². The van der Waals surface area contributed by atoms with E-state index < -0.39 is 11.9 Å². The van der Waals surface area contributed by atoms with Crippen molar-refractivity contribution in [1.29, 1.82) is 0 Å². The van der Waals surface area contributed by atoms with Crippen LogP contribution in [-0.2, 0) is 11.2 Å². The zero-order valence-electron chi connectivity index (χ0n) is 10.5. The van der Waals surface area contributed by atoms with Crippen molar-refractivity contribution in [3.8, 4) is 0 Å². The summed E-state index contributed by atoms with van der Waals surface area (Å²) in [5.74, 6) is -1.47. The van der Waals surface area contributed by atoms with Gasteiger partial charge in [0.1, 0.15) is 5.92 Å². The van der Waals surface area contributed by atoms with E-state index in [2.05, 4.69) is 20.9 Å². The Hall–Kier alpha value is -1.68. The van der Waals surface area contributed by atoms with Crippen molar-refractivity contribution in [2.75, 3.05) is 0 Å². The van der Waals surface area contributed by atoms with Crippen LogP contribution in [0.2, 0.25) is 0 Å². The molecule has 4 heteroatoms. The molecule has 1 unspecified atom stereocenters. The highest BCUT2D eigenvalue weighted by atomic mass is 79.9. The van der Waals surface area contributed by atoms with Crippen molar-refractivity contribution in [3.63, 3.8) is 0 Å². The number of pyridine rings is 1. The normalized spacial score (nSPS) is 12.1. The van der Waals surface area contributed by atoms with Crippen LogP contribution in [0.4, 0.5) is 0 Å². The Morgan fingerprint density at radius 2 is 1.95 bits per heavy atom. The third-order valence-electron chi connectivity index (χ3n) is 2.97. The van der Waals surface area contributed by atoms with Gasteiger partial charge in [-0.25, -0.2) is 0 Å². The Bertz CT molecular complexity index is 564. The molecule has 0 saturated heterocycles. The summed E-state index contributed by atoms with van der Waals surface area (Å²) in [6, 6.07) is 11.5. The molecule has 2 rings (SSSR count). The van der Waals surface area contributed by atoms with E-state index in [9.17, 15) is 9.90 Å². The minimum absolute atomic E-state index is 0.449. The van der Waals surface area contributed by atoms with Crippen LogP contribution in [0.25, 0.3) is 0 Å². The third-order valence-corrected chi connectivity index (χ3v) is 3.43. The maximum absolute atomic E-state index is 11.4. The van der Waals surface area contributed by atoms with Gasteiger partial charge in [-0.2, -0.15) is 0 Å². The number of aryl methyl sites for hydroxylation is 1. The van der Waals surface area contributed by atoms with Crippen LogP contribution in [0.1, 0.15) is 22.7 Å². The Balaban J connectivity index is 2.23. The summed E-state index contributed by atoms with van der Waals surface area (Å²) in [6.07, 6.45) is 2.07. The number of nitrogens with zero attached hydrogens (tertiary/aromatic N) is 1. The second-order valence-electron chi connectivity index (χ2n) is 4.48. The molecule has 0 saturated carbocycles. The smallest absolute Gasteiger partial charge is 0.312 e. The molecule has 98 valence electrons. The maximum atomic E-state index is 11.4. The van der Waals surface area contributed by atoms with Crippen molar-refractivity contribution in [2.24, 2.45) is 0 Å². The lowest BCUT2D eigenvalue weighted by molar-refractivity contribution is -0.138. The van der Waals surface area contributed by atoms with E-state index in [1.165, 1.54) is 0 Å². The second-order valence-corrected chi connectivity index (χ2v) is 5.40. The van der Waals surface area contributed by atoms with Crippen molar-refractivity contribution >= 4 is 21.9 Å². The van der Waals surface area contributed by atoms with E-state index in [4.69, 9.17) is 0 Å². The number of benzene rings is 1. The summed E-state index contributed by atoms with van der Waals surface area (Å²) < 4.78 is 0.843. The number of aliphatic carboxylic acids is 1. The van der Waals surface area contributed by atoms with Gasteiger partial charge >= 0.3 is 5.97 Å². The zero-order chi connectivity index (χ0) is 13.8. The predicted molar refractivity (Wildman–Crippen MR) is 77.2 cm³/mol. The number of carboxylic acid groups (broad SMARTS) is 1. The molecule has 19 heavy (non-hydrogen) atoms. The monoisotopic (exact) mass is 319 g/mol. The largest absolute Gasteiger partial charge is 0.481 e. The Kier molecular flexibility index (Phi) is 4.32. The molecule has 1 atom stereocenters. The van der Waals surface area contributed by atoms with Gasteiger partial charge in [-0.1, -0.05) is 29.8 Å². The van der Waals surface area contributed by atoms with E-state index in [0.29, 0.717) is 12.1 Å². The number of hydrogen-bond donors (Lipinski definition) is 1. The van der Waals surface area contributed by atoms with E-state index in [0.717, 1.165) is 15.6 Å². The van der Waals surface area contributed by atoms with Gasteiger partial charge in [0.2, 0.25) is 0 Å². The molecule has 1 N–H and O–H groups in total. The minimum atomic E-state index is -0.851. The number of halogens is 1. The standard InChI is InChI=1S/C15H14BrNO2/c1-10-2-4-11(5-3-10)8-13(15(18)19)14-7-6-12(16)9-17-14/h2-7,9,13H,8H2,1H3,(H,18,19). The first-order valence-corrected chi connectivity index (χ1v) is 6.75. The molecule has 0 fully saturated rings. The molecule has 1 heterocycles. The van der Waals surface area contributed by atoms with Gasteiger partial charge in [0.25, 0.3) is 0 Å². The molecule has 3 nitrogen and oxygen atoms in total. The molecule has 2 aromatic rings. The number of hydrogen-bond acceptors (Lipinski definition) is 2. The van der Waals surface area contributed by atoms with Crippen LogP contribution in [0, 0.1) is 6.92 Å². The zero-order valence-corrected chi connectivity index (χ0v) is 12.1. The average molecular weight is 320 g/mol. The average Bonchev–Trinajstić information content (AvgIpc) is 2.39. The van der Waals surface area contributed by atoms with Gasteiger partial charge in [-0.15, -0.1) is 0 Å². The molecule has 0 bridgehead atoms. The fraction of sp³-hybridized carbons (Fsp3) is 0.200. The molecule has 0 spiro atoms. The summed E-state index contributed by atoms with van der Waals surface area (Å²) in [6.45, 7) is 2.01. The lowest BCUT2D eigenvalue weighted by Gasteiger charge is -2.12. The summed E-state index contributed by atoms with van der Waals surface area (Å²) in [7, 11) is 0. The van der Waals surface area contributed by atoms with Gasteiger partial charge in [-0.3, -0.25) is 9.78 Å². The Labute approximate surface area is 120 Å². The third kappa shape index (κ3) is 3.64. The Morgan fingerprint density at radius 3 is 2.47 bits per heavy atom. The van der Waals surface area contributed by atoms with Crippen molar-refractivity contribution in [3.05, 3.63) is 63.9 Å². The van der Waals surface area contributed by atoms with Crippen molar-refractivity contribution in [2.45, 2.75) is 19.3 Å². The topological polar surface area (TPSA) is 50.2 Å². The lowest BCUT2D eigenvalue weighted by Crippen LogP contribution is -2.15. The van der Waals surface area contributed by atoms with Gasteiger partial charge < -0.3 is 5.11 Å². The SMILES string of the molecule is Cc1ccc(CC(C(=O)O)c2ccc(Br)cn2)cc1. The van der Waals surface area contributed by atoms with E-state index >= 15 is 0 Å². The van der Waals surface area contributed by atoms with Crippen molar-refractivity contribution < 1.29 is 9.90 Å². The summed E-state index contributed by atoms with van der Waals surface area (Å²) in [4.78, 5) is 15.6. The van der Waals surface area contributed by atoms with Gasteiger partial charge in [-0.05, 0) is 47.0 Å². The van der Waals surface area contributed by atoms with E-state index in [1.54, 1.807) is 12.3 Å². The summed E-state index contributed by atoms with van der Waals surface area (Å²) in [5, 5.41) is 9.36. The molecule has 0 aliphatic rings. The number of carbonyl (C=O) groups is 1. The lowest BCUT2D eigenvalue weighted by atomic mass is 9.95. The van der Waals surface area contributed by atoms with Crippen LogP contribution < -0.4 is 0 Å². The van der Waals surface area contributed by atoms with Crippen LogP contribution in [0.5, 0.6) is 0 Å². The van der Waals surface area contributed by atoms with E-state index in [1.807, 2.05) is 37.3 Å². The molecular formula is C15H14BrNO2. The molecule has 1 aromatic heterocycles. The molecule has 0 aliphatic carbocycles. The van der Waals surface area contributed by atoms with Crippen LogP contribution in [-0.4, -0.2) is 16.1 Å². The van der Waals surface area contributed by atoms with Gasteiger partial charge in [0.05, 0.1) is 5.69 Å². The van der Waals surface area contributed by atoms with Gasteiger partial charge in [0.15, 0.2) is 0 Å². The van der Waals surface area contributed by atoms with Gasteiger partial charge in [0, 0.05) is 10.7 Å². The van der Waals surface area contributed by atoms with E-state index in [-0.39, 0.29) is 0 Å².